The van der Waals surface area contributed by atoms with Crippen molar-refractivity contribution in [2.75, 3.05) is 13.1 Å². The summed E-state index contributed by atoms with van der Waals surface area (Å²) < 4.78 is 0. The lowest BCUT2D eigenvalue weighted by Gasteiger charge is -2.31. The number of piperidine rings is 1. The van der Waals surface area contributed by atoms with Gasteiger partial charge in [-0.15, -0.1) is 11.6 Å². The van der Waals surface area contributed by atoms with E-state index in [-0.39, 0.29) is 11.4 Å². The van der Waals surface area contributed by atoms with Crippen molar-refractivity contribution in [3.05, 3.63) is 0 Å². The van der Waals surface area contributed by atoms with Gasteiger partial charge in [0.15, 0.2) is 0 Å². The van der Waals surface area contributed by atoms with Crippen LogP contribution >= 0.6 is 11.6 Å². The fourth-order valence-corrected chi connectivity index (χ4v) is 1.39. The van der Waals surface area contributed by atoms with E-state index < -0.39 is 6.09 Å². The summed E-state index contributed by atoms with van der Waals surface area (Å²) in [6.45, 7) is 0.845. The van der Waals surface area contributed by atoms with Gasteiger partial charge in [0, 0.05) is 19.1 Å². The monoisotopic (exact) mass is 178 g/mol. The van der Waals surface area contributed by atoms with Crippen LogP contribution in [0.15, 0.2) is 0 Å². The topological polar surface area (TPSA) is 66.6 Å². The summed E-state index contributed by atoms with van der Waals surface area (Å²) in [4.78, 5) is 11.7. The predicted octanol–water partition coefficient (Wildman–Crippen LogP) is 0.305. The zero-order valence-corrected chi connectivity index (χ0v) is 6.79. The molecule has 0 bridgehead atoms. The molecule has 3 N–H and O–H groups in total. The van der Waals surface area contributed by atoms with E-state index in [4.69, 9.17) is 22.4 Å². The van der Waals surface area contributed by atoms with Crippen LogP contribution in [-0.4, -0.2) is 40.6 Å². The number of hydrogen-bond donors (Lipinski definition) is 2. The molecule has 0 radical (unpaired) electrons. The first-order valence-electron chi connectivity index (χ1n) is 3.49. The summed E-state index contributed by atoms with van der Waals surface area (Å²) in [6, 6.07) is -0.0627. The van der Waals surface area contributed by atoms with Crippen molar-refractivity contribution in [1.29, 1.82) is 0 Å². The highest BCUT2D eigenvalue weighted by Gasteiger charge is 2.27. The SMILES string of the molecule is N[C@H]1CCN(C(=O)O)C[C@H]1Cl. The zero-order chi connectivity index (χ0) is 8.43. The Morgan fingerprint density at radius 3 is 2.82 bits per heavy atom. The quantitative estimate of drug-likeness (QED) is 0.525. The molecule has 1 rings (SSSR count). The molecule has 64 valence electrons. The van der Waals surface area contributed by atoms with E-state index in [1.54, 1.807) is 0 Å². The van der Waals surface area contributed by atoms with Gasteiger partial charge in [0.25, 0.3) is 0 Å². The fourth-order valence-electron chi connectivity index (χ4n) is 1.10. The van der Waals surface area contributed by atoms with Crippen LogP contribution in [-0.2, 0) is 0 Å². The molecule has 4 nitrogen and oxygen atoms in total. The lowest BCUT2D eigenvalue weighted by Crippen LogP contribution is -2.49. The van der Waals surface area contributed by atoms with Crippen molar-refractivity contribution >= 4 is 17.7 Å². The number of alkyl halides is 1. The number of halogens is 1. The van der Waals surface area contributed by atoms with E-state index in [0.717, 1.165) is 0 Å². The van der Waals surface area contributed by atoms with Crippen LogP contribution in [0.3, 0.4) is 0 Å². The molecule has 0 spiro atoms. The average Bonchev–Trinajstić information content (AvgIpc) is 1.94. The van der Waals surface area contributed by atoms with Crippen LogP contribution in [0.5, 0.6) is 0 Å². The second kappa shape index (κ2) is 3.28. The van der Waals surface area contributed by atoms with Gasteiger partial charge in [-0.2, -0.15) is 0 Å². The Balaban J connectivity index is 2.46. The van der Waals surface area contributed by atoms with Crippen molar-refractivity contribution in [1.82, 2.24) is 4.90 Å². The summed E-state index contributed by atoms with van der Waals surface area (Å²) in [5, 5.41) is 8.33. The molecule has 2 atom stereocenters. The molecule has 1 saturated heterocycles. The van der Waals surface area contributed by atoms with E-state index in [9.17, 15) is 4.79 Å². The van der Waals surface area contributed by atoms with Crippen molar-refractivity contribution < 1.29 is 9.90 Å². The maximum Gasteiger partial charge on any atom is 0.407 e. The Kier molecular flexibility index (Phi) is 2.57. The van der Waals surface area contributed by atoms with Gasteiger partial charge in [-0.1, -0.05) is 0 Å². The third-order valence-electron chi connectivity index (χ3n) is 1.86. The van der Waals surface area contributed by atoms with Crippen molar-refractivity contribution in [3.8, 4) is 0 Å². The Labute approximate surface area is 69.9 Å². The van der Waals surface area contributed by atoms with Gasteiger partial charge < -0.3 is 15.7 Å². The van der Waals surface area contributed by atoms with Crippen LogP contribution < -0.4 is 5.73 Å². The van der Waals surface area contributed by atoms with Crippen molar-refractivity contribution in [2.24, 2.45) is 5.73 Å². The molecular formula is C6H11ClN2O2. The fraction of sp³-hybridized carbons (Fsp3) is 0.833. The molecule has 1 fully saturated rings. The minimum atomic E-state index is -0.914. The highest BCUT2D eigenvalue weighted by atomic mass is 35.5. The summed E-state index contributed by atoms with van der Waals surface area (Å²) in [7, 11) is 0. The predicted molar refractivity (Wildman–Crippen MR) is 41.8 cm³/mol. The highest BCUT2D eigenvalue weighted by molar-refractivity contribution is 6.21. The molecule has 0 saturated carbocycles. The first-order chi connectivity index (χ1) is 5.11. The normalized spacial score (nSPS) is 32.0. The second-order valence-electron chi connectivity index (χ2n) is 2.70. The third kappa shape index (κ3) is 1.97. The largest absolute Gasteiger partial charge is 0.465 e. The number of hydrogen-bond acceptors (Lipinski definition) is 2. The Morgan fingerprint density at radius 1 is 1.73 bits per heavy atom. The van der Waals surface area contributed by atoms with E-state index in [1.807, 2.05) is 0 Å². The molecule has 1 amide bonds. The van der Waals surface area contributed by atoms with E-state index in [1.165, 1.54) is 4.90 Å². The summed E-state index contributed by atoms with van der Waals surface area (Å²) in [6.07, 6.45) is -0.261. The van der Waals surface area contributed by atoms with Gasteiger partial charge in [-0.25, -0.2) is 4.79 Å². The van der Waals surface area contributed by atoms with Crippen molar-refractivity contribution in [2.45, 2.75) is 17.8 Å². The molecule has 1 aliphatic heterocycles. The lowest BCUT2D eigenvalue weighted by molar-refractivity contribution is 0.133. The number of rotatable bonds is 0. The van der Waals surface area contributed by atoms with Crippen LogP contribution in [0, 0.1) is 0 Å². The highest BCUT2D eigenvalue weighted by Crippen LogP contribution is 2.13. The number of carbonyl (C=O) groups is 1. The number of nitrogens with zero attached hydrogens (tertiary/aromatic N) is 1. The number of amides is 1. The summed E-state index contributed by atoms with van der Waals surface area (Å²) in [5.74, 6) is 0. The molecule has 5 heteroatoms. The first-order valence-corrected chi connectivity index (χ1v) is 3.92. The van der Waals surface area contributed by atoms with Crippen LogP contribution in [0.2, 0.25) is 0 Å². The minimum absolute atomic E-state index is 0.0627. The van der Waals surface area contributed by atoms with Gasteiger partial charge in [-0.3, -0.25) is 0 Å². The molecule has 0 aromatic heterocycles. The Bertz CT molecular complexity index is 165. The molecular weight excluding hydrogens is 168 g/mol. The minimum Gasteiger partial charge on any atom is -0.465 e. The maximum atomic E-state index is 10.4. The summed E-state index contributed by atoms with van der Waals surface area (Å²) in [5.41, 5.74) is 5.59. The van der Waals surface area contributed by atoms with E-state index in [2.05, 4.69) is 0 Å². The zero-order valence-electron chi connectivity index (χ0n) is 6.03. The van der Waals surface area contributed by atoms with Gasteiger partial charge >= 0.3 is 6.09 Å². The van der Waals surface area contributed by atoms with Gasteiger partial charge in [0.05, 0.1) is 5.38 Å². The second-order valence-corrected chi connectivity index (χ2v) is 3.26. The molecule has 1 heterocycles. The third-order valence-corrected chi connectivity index (χ3v) is 2.32. The number of carboxylic acid groups (broad SMARTS) is 1. The van der Waals surface area contributed by atoms with Gasteiger partial charge in [0.1, 0.15) is 0 Å². The molecule has 0 aromatic carbocycles. The van der Waals surface area contributed by atoms with Crippen LogP contribution in [0.4, 0.5) is 4.79 Å². The maximum absolute atomic E-state index is 10.4. The Hall–Kier alpha value is -0.480. The standard InChI is InChI=1S/C6H11ClN2O2/c7-4-3-9(6(10)11)2-1-5(4)8/h4-5H,1-3,8H2,(H,10,11)/t4-,5+/m1/s1. The van der Waals surface area contributed by atoms with Gasteiger partial charge in [0.2, 0.25) is 0 Å². The summed E-state index contributed by atoms with van der Waals surface area (Å²) >= 11 is 5.78. The average molecular weight is 179 g/mol. The van der Waals surface area contributed by atoms with E-state index in [0.29, 0.717) is 19.5 Å². The van der Waals surface area contributed by atoms with Crippen molar-refractivity contribution in [3.63, 3.8) is 0 Å². The smallest absolute Gasteiger partial charge is 0.407 e. The molecule has 0 aromatic rings. The van der Waals surface area contributed by atoms with Gasteiger partial charge in [-0.05, 0) is 6.42 Å². The van der Waals surface area contributed by atoms with Crippen LogP contribution in [0.25, 0.3) is 0 Å². The molecule has 11 heavy (non-hydrogen) atoms. The molecule has 0 unspecified atom stereocenters. The number of nitrogens with two attached hydrogens (primary N) is 1. The number of likely N-dealkylation sites (tertiary alicyclic amines) is 1. The Morgan fingerprint density at radius 2 is 2.36 bits per heavy atom. The molecule has 1 aliphatic rings. The molecule has 0 aliphatic carbocycles. The lowest BCUT2D eigenvalue weighted by atomic mass is 10.1. The van der Waals surface area contributed by atoms with Crippen LogP contribution in [0.1, 0.15) is 6.42 Å². The first kappa shape index (κ1) is 8.62. The van der Waals surface area contributed by atoms with E-state index >= 15 is 0 Å².